The summed E-state index contributed by atoms with van der Waals surface area (Å²) in [5.41, 5.74) is -3.72. The fourth-order valence-electron chi connectivity index (χ4n) is 4.00. The number of esters is 1. The van der Waals surface area contributed by atoms with Gasteiger partial charge in [-0.05, 0) is 57.7 Å². The Morgan fingerprint density at radius 3 is 2.32 bits per heavy atom. The first kappa shape index (κ1) is 23.6. The zero-order valence-corrected chi connectivity index (χ0v) is 20.5. The van der Waals surface area contributed by atoms with Crippen molar-refractivity contribution in [1.82, 2.24) is 0 Å². The SMILES string of the molecule is CSC[C@]1(O[Si](C)(C)C(C)(C)C)[C@@H]2C=CC(=O)[C@@]1(O)[C@H](C(=O)OC(C)(C)C)C2. The first-order valence-electron chi connectivity index (χ1n) is 9.89. The van der Waals surface area contributed by atoms with Gasteiger partial charge in [-0.25, -0.2) is 0 Å². The number of aliphatic hydroxyl groups is 1. The lowest BCUT2D eigenvalue weighted by Crippen LogP contribution is -2.69. The predicted molar refractivity (Wildman–Crippen MR) is 116 cm³/mol. The molecule has 28 heavy (non-hydrogen) atoms. The van der Waals surface area contributed by atoms with E-state index in [0.717, 1.165) is 0 Å². The number of hydrogen-bond donors (Lipinski definition) is 1. The highest BCUT2D eigenvalue weighted by atomic mass is 32.2. The highest BCUT2D eigenvalue weighted by Crippen LogP contribution is 2.57. The van der Waals surface area contributed by atoms with E-state index in [-0.39, 0.29) is 11.0 Å². The number of carbonyl (C=O) groups excluding carboxylic acids is 2. The van der Waals surface area contributed by atoms with Crippen molar-refractivity contribution < 1.29 is 23.9 Å². The van der Waals surface area contributed by atoms with Gasteiger partial charge >= 0.3 is 5.97 Å². The molecule has 0 heterocycles. The molecule has 0 saturated heterocycles. The maximum atomic E-state index is 13.1. The standard InChI is InChI=1S/C21H36O5SSi/c1-18(2,3)25-17(23)15-12-14-10-11-16(22)21(15,24)20(14,13-27-7)26-28(8,9)19(4,5)6/h10-11,14-15,24H,12-13H2,1-9H3/t14-,15+,20+,21+/m1/s1. The Balaban J connectivity index is 2.58. The molecule has 0 amide bonds. The largest absolute Gasteiger partial charge is 0.460 e. The molecule has 0 spiro atoms. The van der Waals surface area contributed by atoms with E-state index < -0.39 is 42.8 Å². The van der Waals surface area contributed by atoms with Crippen LogP contribution in [0.3, 0.4) is 0 Å². The minimum Gasteiger partial charge on any atom is -0.460 e. The summed E-state index contributed by atoms with van der Waals surface area (Å²) in [6, 6.07) is 0. The third kappa shape index (κ3) is 3.75. The smallest absolute Gasteiger partial charge is 0.313 e. The molecule has 1 fully saturated rings. The van der Waals surface area contributed by atoms with Crippen LogP contribution in [0.4, 0.5) is 0 Å². The Labute approximate surface area is 174 Å². The monoisotopic (exact) mass is 428 g/mol. The zero-order valence-electron chi connectivity index (χ0n) is 18.7. The van der Waals surface area contributed by atoms with Crippen LogP contribution >= 0.6 is 11.8 Å². The van der Waals surface area contributed by atoms with Crippen molar-refractivity contribution in [2.45, 2.75) is 82.9 Å². The molecule has 1 saturated carbocycles. The normalized spacial score (nSPS) is 33.3. The molecule has 2 rings (SSSR count). The van der Waals surface area contributed by atoms with Crippen LogP contribution in [-0.4, -0.2) is 54.0 Å². The van der Waals surface area contributed by atoms with Crippen molar-refractivity contribution in [2.75, 3.05) is 12.0 Å². The van der Waals surface area contributed by atoms with Crippen molar-refractivity contribution in [3.8, 4) is 0 Å². The maximum absolute atomic E-state index is 13.1. The number of fused-ring (bicyclic) bond motifs is 2. The minimum atomic E-state index is -2.34. The quantitative estimate of drug-likeness (QED) is 0.528. The molecule has 160 valence electrons. The number of thioether (sulfide) groups is 1. The molecule has 5 nitrogen and oxygen atoms in total. The van der Waals surface area contributed by atoms with E-state index in [4.69, 9.17) is 9.16 Å². The van der Waals surface area contributed by atoms with Gasteiger partial charge < -0.3 is 14.3 Å². The Hall–Kier alpha value is -0.633. The molecule has 2 bridgehead atoms. The summed E-state index contributed by atoms with van der Waals surface area (Å²) in [4.78, 5) is 26.1. The third-order valence-electron chi connectivity index (χ3n) is 6.39. The Kier molecular flexibility index (Phi) is 6.12. The summed E-state index contributed by atoms with van der Waals surface area (Å²) >= 11 is 1.53. The van der Waals surface area contributed by atoms with Crippen molar-refractivity contribution in [2.24, 2.45) is 11.8 Å². The second-order valence-corrected chi connectivity index (χ2v) is 16.2. The van der Waals surface area contributed by atoms with Crippen LogP contribution in [0.25, 0.3) is 0 Å². The molecule has 2 aliphatic rings. The van der Waals surface area contributed by atoms with Gasteiger partial charge in [-0.2, -0.15) is 11.8 Å². The third-order valence-corrected chi connectivity index (χ3v) is 11.6. The fraction of sp³-hybridized carbons (Fsp3) is 0.810. The van der Waals surface area contributed by atoms with Crippen LogP contribution in [0.1, 0.15) is 48.0 Å². The summed E-state index contributed by atoms with van der Waals surface area (Å²) in [5.74, 6) is -1.69. The number of hydrogen-bond acceptors (Lipinski definition) is 6. The van der Waals surface area contributed by atoms with Gasteiger partial charge in [-0.1, -0.05) is 26.8 Å². The van der Waals surface area contributed by atoms with Crippen LogP contribution in [0.15, 0.2) is 12.2 Å². The summed E-state index contributed by atoms with van der Waals surface area (Å²) in [6.07, 6.45) is 5.53. The number of ether oxygens (including phenoxy) is 1. The average Bonchev–Trinajstić information content (AvgIpc) is 2.62. The molecule has 7 heteroatoms. The first-order valence-corrected chi connectivity index (χ1v) is 14.2. The fourth-order valence-corrected chi connectivity index (χ4v) is 6.62. The van der Waals surface area contributed by atoms with E-state index >= 15 is 0 Å². The molecule has 0 unspecified atom stereocenters. The number of ketones is 1. The van der Waals surface area contributed by atoms with Crippen molar-refractivity contribution >= 4 is 31.8 Å². The molecule has 0 aliphatic heterocycles. The highest BCUT2D eigenvalue weighted by molar-refractivity contribution is 7.98. The molecule has 0 radical (unpaired) electrons. The van der Waals surface area contributed by atoms with Crippen molar-refractivity contribution in [3.63, 3.8) is 0 Å². The Morgan fingerprint density at radius 2 is 1.86 bits per heavy atom. The van der Waals surface area contributed by atoms with E-state index in [1.807, 2.05) is 12.3 Å². The van der Waals surface area contributed by atoms with Gasteiger partial charge in [-0.3, -0.25) is 9.59 Å². The summed E-state index contributed by atoms with van der Waals surface area (Å²) in [6.45, 7) is 16.0. The van der Waals surface area contributed by atoms with Crippen LogP contribution in [0.5, 0.6) is 0 Å². The molecule has 4 atom stereocenters. The second-order valence-electron chi connectivity index (χ2n) is 10.6. The van der Waals surface area contributed by atoms with Gasteiger partial charge in [0.1, 0.15) is 11.2 Å². The van der Waals surface area contributed by atoms with Gasteiger partial charge in [0, 0.05) is 11.7 Å². The minimum absolute atomic E-state index is 0.0974. The summed E-state index contributed by atoms with van der Waals surface area (Å²) < 4.78 is 12.4. The molecule has 0 aromatic heterocycles. The summed E-state index contributed by atoms with van der Waals surface area (Å²) in [7, 11) is -2.34. The van der Waals surface area contributed by atoms with E-state index in [0.29, 0.717) is 12.2 Å². The predicted octanol–water partition coefficient (Wildman–Crippen LogP) is 3.96. The van der Waals surface area contributed by atoms with Crippen LogP contribution in [-0.2, 0) is 18.8 Å². The Bertz CT molecular complexity index is 675. The molecular formula is C21H36O5SSi. The van der Waals surface area contributed by atoms with Crippen molar-refractivity contribution in [3.05, 3.63) is 12.2 Å². The van der Waals surface area contributed by atoms with Gasteiger partial charge in [0.05, 0.1) is 5.92 Å². The molecular weight excluding hydrogens is 392 g/mol. The second kappa shape index (κ2) is 7.25. The van der Waals surface area contributed by atoms with E-state index in [9.17, 15) is 14.7 Å². The lowest BCUT2D eigenvalue weighted by atomic mass is 9.73. The van der Waals surface area contributed by atoms with Gasteiger partial charge in [0.2, 0.25) is 0 Å². The lowest BCUT2D eigenvalue weighted by Gasteiger charge is -2.52. The van der Waals surface area contributed by atoms with E-state index in [2.05, 4.69) is 33.9 Å². The summed E-state index contributed by atoms with van der Waals surface area (Å²) in [5, 5.41) is 11.8. The zero-order chi connectivity index (χ0) is 21.8. The van der Waals surface area contributed by atoms with E-state index in [1.54, 1.807) is 20.8 Å². The lowest BCUT2D eigenvalue weighted by molar-refractivity contribution is -0.185. The topological polar surface area (TPSA) is 72.8 Å². The Morgan fingerprint density at radius 1 is 1.29 bits per heavy atom. The van der Waals surface area contributed by atoms with Crippen LogP contribution in [0, 0.1) is 11.8 Å². The number of carbonyl (C=O) groups is 2. The van der Waals surface area contributed by atoms with E-state index in [1.165, 1.54) is 17.8 Å². The molecule has 0 aromatic rings. The van der Waals surface area contributed by atoms with Crippen molar-refractivity contribution in [1.29, 1.82) is 0 Å². The highest BCUT2D eigenvalue weighted by Gasteiger charge is 2.73. The average molecular weight is 429 g/mol. The van der Waals surface area contributed by atoms with Crippen LogP contribution < -0.4 is 0 Å². The first-order chi connectivity index (χ1) is 12.5. The van der Waals surface area contributed by atoms with Crippen LogP contribution in [0.2, 0.25) is 18.1 Å². The van der Waals surface area contributed by atoms with Gasteiger partial charge in [0.25, 0.3) is 0 Å². The van der Waals surface area contributed by atoms with Gasteiger partial charge in [-0.15, -0.1) is 0 Å². The molecule has 0 aromatic carbocycles. The van der Waals surface area contributed by atoms with Gasteiger partial charge in [0.15, 0.2) is 19.7 Å². The molecule has 2 aliphatic carbocycles. The number of rotatable bonds is 5. The maximum Gasteiger partial charge on any atom is 0.313 e. The molecule has 1 N–H and O–H groups in total.